The van der Waals surface area contributed by atoms with Crippen LogP contribution < -0.4 is 0 Å². The van der Waals surface area contributed by atoms with Crippen molar-refractivity contribution in [2.24, 2.45) is 5.41 Å². The third-order valence-corrected chi connectivity index (χ3v) is 5.05. The van der Waals surface area contributed by atoms with Gasteiger partial charge in [-0.3, -0.25) is 9.59 Å². The first-order valence-electron chi connectivity index (χ1n) is 7.27. The smallest absolute Gasteiger partial charge is 0.312 e. The molecule has 0 atom stereocenters. The van der Waals surface area contributed by atoms with Crippen LogP contribution in [0.15, 0.2) is 0 Å². The molecule has 0 unspecified atom stereocenters. The van der Waals surface area contributed by atoms with Gasteiger partial charge in [-0.05, 0) is 32.4 Å². The summed E-state index contributed by atoms with van der Waals surface area (Å²) < 4.78 is 5.40. The van der Waals surface area contributed by atoms with Gasteiger partial charge in [0.15, 0.2) is 0 Å². The van der Waals surface area contributed by atoms with Gasteiger partial charge in [-0.1, -0.05) is 0 Å². The molecule has 0 aliphatic carbocycles. The molecule has 2 amide bonds. The molecule has 0 saturated carbocycles. The van der Waals surface area contributed by atoms with Gasteiger partial charge in [-0.2, -0.15) is 12.6 Å². The van der Waals surface area contributed by atoms with Crippen LogP contribution in [0.4, 0.5) is 0 Å². The molecule has 2 rings (SSSR count). The third kappa shape index (κ3) is 3.11. The van der Waals surface area contributed by atoms with Crippen molar-refractivity contribution in [1.82, 2.24) is 9.80 Å². The Morgan fingerprint density at radius 3 is 2.40 bits per heavy atom. The van der Waals surface area contributed by atoms with Crippen molar-refractivity contribution in [3.8, 4) is 0 Å². The average molecular weight is 300 g/mol. The van der Waals surface area contributed by atoms with Gasteiger partial charge in [0.2, 0.25) is 0 Å². The van der Waals surface area contributed by atoms with Gasteiger partial charge in [0.25, 0.3) is 0 Å². The minimum absolute atomic E-state index is 0.00268. The van der Waals surface area contributed by atoms with Crippen LogP contribution in [-0.4, -0.2) is 66.3 Å². The number of thiol groups is 1. The number of ether oxygens (including phenoxy) is 1. The lowest BCUT2D eigenvalue weighted by molar-refractivity contribution is -0.158. The Hall–Kier alpha value is -0.750. The van der Waals surface area contributed by atoms with Crippen molar-refractivity contribution < 1.29 is 14.3 Å². The van der Waals surface area contributed by atoms with E-state index in [0.29, 0.717) is 32.8 Å². The lowest BCUT2D eigenvalue weighted by Gasteiger charge is -2.43. The van der Waals surface area contributed by atoms with Crippen LogP contribution in [-0.2, 0) is 14.3 Å². The third-order valence-electron chi connectivity index (χ3n) is 4.38. The van der Waals surface area contributed by atoms with Crippen molar-refractivity contribution in [3.05, 3.63) is 0 Å². The maximum Gasteiger partial charge on any atom is 0.312 e. The van der Waals surface area contributed by atoms with Crippen LogP contribution in [0.5, 0.6) is 0 Å². The first-order valence-corrected chi connectivity index (χ1v) is 7.91. The number of carbonyl (C=O) groups is 2. The molecule has 2 aliphatic rings. The van der Waals surface area contributed by atoms with Crippen LogP contribution in [0.25, 0.3) is 0 Å². The lowest BCUT2D eigenvalue weighted by atomic mass is 9.81. The number of carbonyl (C=O) groups excluding carboxylic acids is 2. The van der Waals surface area contributed by atoms with E-state index in [4.69, 9.17) is 4.74 Å². The summed E-state index contributed by atoms with van der Waals surface area (Å²) in [6, 6.07) is 0.0792. The van der Waals surface area contributed by atoms with Gasteiger partial charge in [-0.25, -0.2) is 0 Å². The zero-order chi connectivity index (χ0) is 14.8. The summed E-state index contributed by atoms with van der Waals surface area (Å²) in [5.74, 6) is -0.00684. The second kappa shape index (κ2) is 6.35. The molecule has 20 heavy (non-hydrogen) atoms. The minimum Gasteiger partial charge on any atom is -0.381 e. The molecule has 2 aliphatic heterocycles. The molecule has 2 fully saturated rings. The molecule has 2 saturated heterocycles. The normalized spacial score (nSPS) is 23.6. The highest BCUT2D eigenvalue weighted by Crippen LogP contribution is 2.33. The van der Waals surface area contributed by atoms with Crippen molar-refractivity contribution in [2.75, 3.05) is 38.6 Å². The van der Waals surface area contributed by atoms with E-state index in [9.17, 15) is 9.59 Å². The second-order valence-electron chi connectivity index (χ2n) is 6.09. The van der Waals surface area contributed by atoms with Crippen molar-refractivity contribution in [3.63, 3.8) is 0 Å². The zero-order valence-corrected chi connectivity index (χ0v) is 13.2. The van der Waals surface area contributed by atoms with Gasteiger partial charge in [0, 0.05) is 44.3 Å². The van der Waals surface area contributed by atoms with E-state index >= 15 is 0 Å². The summed E-state index contributed by atoms with van der Waals surface area (Å²) in [5.41, 5.74) is -0.00268. The topological polar surface area (TPSA) is 49.9 Å². The largest absolute Gasteiger partial charge is 0.381 e. The predicted octanol–water partition coefficient (Wildman–Crippen LogP) is 0.792. The predicted molar refractivity (Wildman–Crippen MR) is 79.8 cm³/mol. The molecule has 5 nitrogen and oxygen atoms in total. The summed E-state index contributed by atoms with van der Waals surface area (Å²) in [6.07, 6.45) is 1.81. The van der Waals surface area contributed by atoms with Gasteiger partial charge < -0.3 is 14.5 Å². The number of rotatable bonds is 4. The van der Waals surface area contributed by atoms with Crippen LogP contribution >= 0.6 is 12.6 Å². The van der Waals surface area contributed by atoms with Crippen LogP contribution in [0, 0.1) is 5.41 Å². The summed E-state index contributed by atoms with van der Waals surface area (Å²) >= 11 is 4.46. The summed E-state index contributed by atoms with van der Waals surface area (Å²) in [5, 5.41) is 0. The van der Waals surface area contributed by atoms with E-state index < -0.39 is 0 Å². The Kier molecular flexibility index (Phi) is 4.96. The summed E-state index contributed by atoms with van der Waals surface area (Å²) in [4.78, 5) is 27.7. The molecule has 0 aromatic heterocycles. The molecule has 0 N–H and O–H groups in total. The number of hydrogen-bond acceptors (Lipinski definition) is 4. The Morgan fingerprint density at radius 2 is 1.85 bits per heavy atom. The standard InChI is InChI=1S/C14H24N2O3S/c1-11(2)16-6-5-15(12(17)13(16)18)9-14(10-20)3-7-19-8-4-14/h11,20H,3-10H2,1-2H3. The van der Waals surface area contributed by atoms with E-state index in [2.05, 4.69) is 12.6 Å². The lowest BCUT2D eigenvalue weighted by Crippen LogP contribution is -2.58. The fourth-order valence-electron chi connectivity index (χ4n) is 2.91. The number of piperazine rings is 1. The molecular formula is C14H24N2O3S. The van der Waals surface area contributed by atoms with Crippen LogP contribution in [0.2, 0.25) is 0 Å². The Bertz CT molecular complexity index is 381. The van der Waals surface area contributed by atoms with Crippen molar-refractivity contribution in [1.29, 1.82) is 0 Å². The molecule has 0 radical (unpaired) electrons. The highest BCUT2D eigenvalue weighted by Gasteiger charge is 2.39. The average Bonchev–Trinajstić information content (AvgIpc) is 2.45. The zero-order valence-electron chi connectivity index (χ0n) is 12.3. The fourth-order valence-corrected chi connectivity index (χ4v) is 3.32. The first-order chi connectivity index (χ1) is 9.49. The van der Waals surface area contributed by atoms with Crippen LogP contribution in [0.3, 0.4) is 0 Å². The number of nitrogens with zero attached hydrogens (tertiary/aromatic N) is 2. The molecule has 0 aromatic carbocycles. The quantitative estimate of drug-likeness (QED) is 0.617. The van der Waals surface area contributed by atoms with Gasteiger partial charge in [0.05, 0.1) is 0 Å². The fraction of sp³-hybridized carbons (Fsp3) is 0.857. The number of amides is 2. The van der Waals surface area contributed by atoms with Gasteiger partial charge in [0.1, 0.15) is 0 Å². The molecule has 6 heteroatoms. The minimum atomic E-state index is -0.368. The van der Waals surface area contributed by atoms with E-state index in [1.807, 2.05) is 13.8 Å². The monoisotopic (exact) mass is 300 g/mol. The highest BCUT2D eigenvalue weighted by atomic mass is 32.1. The Labute approximate surface area is 126 Å². The molecule has 0 bridgehead atoms. The SMILES string of the molecule is CC(C)N1CCN(CC2(CS)CCOCC2)C(=O)C1=O. The van der Waals surface area contributed by atoms with Crippen LogP contribution in [0.1, 0.15) is 26.7 Å². The molecule has 2 heterocycles. The molecule has 114 valence electrons. The summed E-state index contributed by atoms with van der Waals surface area (Å²) in [7, 11) is 0. The Morgan fingerprint density at radius 1 is 1.20 bits per heavy atom. The van der Waals surface area contributed by atoms with Gasteiger partial charge in [-0.15, -0.1) is 0 Å². The second-order valence-corrected chi connectivity index (χ2v) is 6.41. The number of hydrogen-bond donors (Lipinski definition) is 1. The Balaban J connectivity index is 2.03. The first kappa shape index (κ1) is 15.6. The van der Waals surface area contributed by atoms with E-state index in [0.717, 1.165) is 18.6 Å². The van der Waals surface area contributed by atoms with Crippen molar-refractivity contribution >= 4 is 24.4 Å². The molecular weight excluding hydrogens is 276 g/mol. The van der Waals surface area contributed by atoms with E-state index in [1.165, 1.54) is 0 Å². The summed E-state index contributed by atoms with van der Waals surface area (Å²) in [6.45, 7) is 7.18. The van der Waals surface area contributed by atoms with Crippen molar-refractivity contribution in [2.45, 2.75) is 32.7 Å². The highest BCUT2D eigenvalue weighted by molar-refractivity contribution is 7.80. The maximum atomic E-state index is 12.3. The molecule has 0 spiro atoms. The molecule has 0 aromatic rings. The maximum absolute atomic E-state index is 12.3. The van der Waals surface area contributed by atoms with Gasteiger partial charge >= 0.3 is 11.8 Å². The van der Waals surface area contributed by atoms with E-state index in [-0.39, 0.29) is 23.3 Å². The van der Waals surface area contributed by atoms with E-state index in [1.54, 1.807) is 9.80 Å².